The standard InChI is InChI=1S/C9H18N4O2S2/c1-4-13(5-2)17(14,15)12-9-11-8(6-16-9)7(3)10/h6-7H,4-5,10H2,1-3H3,(H,11,12). The van der Waals surface area contributed by atoms with E-state index in [1.165, 1.54) is 15.6 Å². The van der Waals surface area contributed by atoms with Gasteiger partial charge in [-0.25, -0.2) is 9.71 Å². The Kier molecular flexibility index (Phi) is 4.87. The highest BCUT2D eigenvalue weighted by atomic mass is 32.2. The molecular formula is C9H18N4O2S2. The summed E-state index contributed by atoms with van der Waals surface area (Å²) in [6.07, 6.45) is 0. The van der Waals surface area contributed by atoms with Gasteiger partial charge in [-0.05, 0) is 6.92 Å². The first-order chi connectivity index (χ1) is 7.90. The fraction of sp³-hybridized carbons (Fsp3) is 0.667. The first-order valence-corrected chi connectivity index (χ1v) is 7.71. The predicted octanol–water partition coefficient (Wildman–Crippen LogP) is 1.16. The van der Waals surface area contributed by atoms with Gasteiger partial charge >= 0.3 is 10.2 Å². The number of rotatable bonds is 6. The minimum atomic E-state index is -3.50. The summed E-state index contributed by atoms with van der Waals surface area (Å²) in [6.45, 7) is 6.24. The van der Waals surface area contributed by atoms with Crippen molar-refractivity contribution in [2.45, 2.75) is 26.8 Å². The van der Waals surface area contributed by atoms with Gasteiger partial charge in [0.05, 0.1) is 5.69 Å². The third-order valence-electron chi connectivity index (χ3n) is 2.25. The monoisotopic (exact) mass is 278 g/mol. The zero-order chi connectivity index (χ0) is 13.1. The summed E-state index contributed by atoms with van der Waals surface area (Å²) in [6, 6.07) is -0.196. The zero-order valence-electron chi connectivity index (χ0n) is 10.2. The van der Waals surface area contributed by atoms with E-state index in [0.29, 0.717) is 23.9 Å². The Morgan fingerprint density at radius 2 is 2.12 bits per heavy atom. The van der Waals surface area contributed by atoms with Gasteiger partial charge in [0.2, 0.25) is 0 Å². The second-order valence-corrected chi connectivity index (χ2v) is 6.09. The molecule has 0 saturated heterocycles. The highest BCUT2D eigenvalue weighted by molar-refractivity contribution is 7.90. The van der Waals surface area contributed by atoms with Crippen LogP contribution in [0, 0.1) is 0 Å². The van der Waals surface area contributed by atoms with E-state index in [1.54, 1.807) is 26.2 Å². The van der Waals surface area contributed by atoms with Crippen molar-refractivity contribution in [3.05, 3.63) is 11.1 Å². The van der Waals surface area contributed by atoms with Crippen molar-refractivity contribution in [1.29, 1.82) is 0 Å². The van der Waals surface area contributed by atoms with Crippen LogP contribution in [-0.2, 0) is 10.2 Å². The molecule has 1 atom stereocenters. The van der Waals surface area contributed by atoms with Crippen LogP contribution in [0.3, 0.4) is 0 Å². The van der Waals surface area contributed by atoms with E-state index < -0.39 is 10.2 Å². The molecular weight excluding hydrogens is 260 g/mol. The lowest BCUT2D eigenvalue weighted by Crippen LogP contribution is -2.35. The first-order valence-electron chi connectivity index (χ1n) is 5.39. The second kappa shape index (κ2) is 5.76. The molecule has 3 N–H and O–H groups in total. The highest BCUT2D eigenvalue weighted by Crippen LogP contribution is 2.20. The Hall–Kier alpha value is -0.700. The Bertz CT molecular complexity index is 451. The van der Waals surface area contributed by atoms with Crippen LogP contribution in [0.4, 0.5) is 5.13 Å². The lowest BCUT2D eigenvalue weighted by molar-refractivity contribution is 0.449. The number of anilines is 1. The quantitative estimate of drug-likeness (QED) is 0.817. The topological polar surface area (TPSA) is 88.3 Å². The molecule has 0 amide bonds. The molecule has 0 spiro atoms. The van der Waals surface area contributed by atoms with Crippen LogP contribution in [0.25, 0.3) is 0 Å². The minimum absolute atomic E-state index is 0.196. The number of hydrogen-bond donors (Lipinski definition) is 2. The van der Waals surface area contributed by atoms with Gasteiger partial charge in [0.15, 0.2) is 5.13 Å². The molecule has 0 saturated carbocycles. The molecule has 0 fully saturated rings. The van der Waals surface area contributed by atoms with Crippen molar-refractivity contribution >= 4 is 26.7 Å². The van der Waals surface area contributed by atoms with Crippen molar-refractivity contribution in [3.63, 3.8) is 0 Å². The van der Waals surface area contributed by atoms with E-state index in [9.17, 15) is 8.42 Å². The van der Waals surface area contributed by atoms with Crippen molar-refractivity contribution in [2.75, 3.05) is 17.8 Å². The minimum Gasteiger partial charge on any atom is -0.323 e. The summed E-state index contributed by atoms with van der Waals surface area (Å²) in [7, 11) is -3.50. The molecule has 8 heteroatoms. The van der Waals surface area contributed by atoms with Crippen LogP contribution < -0.4 is 10.5 Å². The van der Waals surface area contributed by atoms with E-state index in [-0.39, 0.29) is 6.04 Å². The number of thiazole rings is 1. The van der Waals surface area contributed by atoms with Gasteiger partial charge < -0.3 is 5.73 Å². The molecule has 0 aromatic carbocycles. The van der Waals surface area contributed by atoms with Crippen LogP contribution in [0.1, 0.15) is 32.5 Å². The van der Waals surface area contributed by atoms with E-state index in [4.69, 9.17) is 5.73 Å². The third kappa shape index (κ3) is 3.63. The van der Waals surface area contributed by atoms with E-state index in [2.05, 4.69) is 9.71 Å². The molecule has 0 bridgehead atoms. The van der Waals surface area contributed by atoms with Gasteiger partial charge in [0, 0.05) is 24.5 Å². The smallest absolute Gasteiger partial charge is 0.303 e. The molecule has 6 nitrogen and oxygen atoms in total. The summed E-state index contributed by atoms with van der Waals surface area (Å²) in [5, 5.41) is 2.11. The van der Waals surface area contributed by atoms with Crippen LogP contribution in [0.2, 0.25) is 0 Å². The maximum atomic E-state index is 11.9. The Morgan fingerprint density at radius 3 is 2.53 bits per heavy atom. The maximum absolute atomic E-state index is 11.9. The summed E-state index contributed by atoms with van der Waals surface area (Å²) < 4.78 is 27.6. The summed E-state index contributed by atoms with van der Waals surface area (Å²) in [5.74, 6) is 0. The average molecular weight is 278 g/mol. The largest absolute Gasteiger partial charge is 0.323 e. The molecule has 0 aliphatic carbocycles. The van der Waals surface area contributed by atoms with Crippen LogP contribution in [0.15, 0.2) is 5.38 Å². The van der Waals surface area contributed by atoms with Gasteiger partial charge in [-0.3, -0.25) is 0 Å². The van der Waals surface area contributed by atoms with Gasteiger partial charge in [0.25, 0.3) is 0 Å². The molecule has 1 rings (SSSR count). The van der Waals surface area contributed by atoms with Gasteiger partial charge in [0.1, 0.15) is 0 Å². The first kappa shape index (κ1) is 14.4. The summed E-state index contributed by atoms with van der Waals surface area (Å²) >= 11 is 1.24. The normalized spacial score (nSPS) is 13.9. The number of nitrogens with zero attached hydrogens (tertiary/aromatic N) is 2. The fourth-order valence-corrected chi connectivity index (χ4v) is 3.52. The number of aromatic nitrogens is 1. The molecule has 0 aliphatic heterocycles. The van der Waals surface area contributed by atoms with Gasteiger partial charge in [-0.15, -0.1) is 11.3 Å². The van der Waals surface area contributed by atoms with Gasteiger partial charge in [-0.2, -0.15) is 12.7 Å². The summed E-state index contributed by atoms with van der Waals surface area (Å²) in [5.41, 5.74) is 6.35. The van der Waals surface area contributed by atoms with Crippen molar-refractivity contribution in [3.8, 4) is 0 Å². The molecule has 98 valence electrons. The predicted molar refractivity (Wildman–Crippen MR) is 70.2 cm³/mol. The van der Waals surface area contributed by atoms with Crippen molar-refractivity contribution in [1.82, 2.24) is 9.29 Å². The molecule has 17 heavy (non-hydrogen) atoms. The number of nitrogens with one attached hydrogen (secondary N) is 1. The van der Waals surface area contributed by atoms with E-state index in [0.717, 1.165) is 0 Å². The number of hydrogen-bond acceptors (Lipinski definition) is 5. The Labute approximate surface area is 106 Å². The van der Waals surface area contributed by atoms with E-state index >= 15 is 0 Å². The lowest BCUT2D eigenvalue weighted by atomic mass is 10.3. The molecule has 1 heterocycles. The van der Waals surface area contributed by atoms with Crippen LogP contribution >= 0.6 is 11.3 Å². The Morgan fingerprint density at radius 1 is 1.53 bits per heavy atom. The molecule has 0 aliphatic rings. The van der Waals surface area contributed by atoms with Gasteiger partial charge in [-0.1, -0.05) is 13.8 Å². The SMILES string of the molecule is CCN(CC)S(=O)(=O)Nc1nc(C(C)N)cs1. The summed E-state index contributed by atoms with van der Waals surface area (Å²) in [4.78, 5) is 4.12. The fourth-order valence-electron chi connectivity index (χ4n) is 1.28. The average Bonchev–Trinajstić information content (AvgIpc) is 2.66. The maximum Gasteiger partial charge on any atom is 0.303 e. The van der Waals surface area contributed by atoms with E-state index in [1.807, 2.05) is 0 Å². The lowest BCUT2D eigenvalue weighted by Gasteiger charge is -2.17. The molecule has 1 aromatic heterocycles. The molecule has 1 unspecified atom stereocenters. The zero-order valence-corrected chi connectivity index (χ0v) is 11.8. The Balaban J connectivity index is 2.82. The highest BCUT2D eigenvalue weighted by Gasteiger charge is 2.20. The van der Waals surface area contributed by atoms with Crippen LogP contribution in [0.5, 0.6) is 0 Å². The van der Waals surface area contributed by atoms with Crippen molar-refractivity contribution < 1.29 is 8.42 Å². The molecule has 0 radical (unpaired) electrons. The second-order valence-electron chi connectivity index (χ2n) is 3.56. The number of nitrogens with two attached hydrogens (primary N) is 1. The van der Waals surface area contributed by atoms with Crippen molar-refractivity contribution in [2.24, 2.45) is 5.73 Å². The molecule has 1 aromatic rings. The third-order valence-corrected chi connectivity index (χ3v) is 4.80. The van der Waals surface area contributed by atoms with Crippen LogP contribution in [-0.4, -0.2) is 30.8 Å².